The Morgan fingerprint density at radius 3 is 2.45 bits per heavy atom. The maximum Gasteiger partial charge on any atom is 0.263 e. The van der Waals surface area contributed by atoms with Crippen molar-refractivity contribution >= 4 is 32.7 Å². The first kappa shape index (κ1) is 19.9. The number of nitrogens with zero attached hydrogens (tertiary/aromatic N) is 3. The highest BCUT2D eigenvalue weighted by atomic mass is 32.2. The molecule has 2 aliphatic rings. The summed E-state index contributed by atoms with van der Waals surface area (Å²) in [7, 11) is -3.70. The number of aliphatic hydroxyl groups excluding tert-OH is 1. The molecule has 0 unspecified atom stereocenters. The summed E-state index contributed by atoms with van der Waals surface area (Å²) < 4.78 is 27.7. The standard InChI is InChI=1S/C20H23N3O5S/c1-12-5-7-22(8-6-12)29(27,28)14-3-4-16-15(11-14)18-17(13(2)21-16)19(25)23(9-10-24)20(18)26/h3-4,11-12,24H,5-10H2,1-2H3. The number of benzene rings is 1. The quantitative estimate of drug-likeness (QED) is 0.757. The number of carbonyl (C=O) groups excluding carboxylic acids is 2. The lowest BCUT2D eigenvalue weighted by molar-refractivity contribution is 0.0624. The molecule has 29 heavy (non-hydrogen) atoms. The fraction of sp³-hybridized carbons (Fsp3) is 0.450. The highest BCUT2D eigenvalue weighted by Gasteiger charge is 2.39. The van der Waals surface area contributed by atoms with Crippen molar-refractivity contribution in [1.82, 2.24) is 14.2 Å². The van der Waals surface area contributed by atoms with Crippen LogP contribution in [0.3, 0.4) is 0 Å². The molecular formula is C20H23N3O5S. The molecule has 2 aromatic rings. The van der Waals surface area contributed by atoms with Crippen molar-refractivity contribution in [3.8, 4) is 0 Å². The third-order valence-corrected chi connectivity index (χ3v) is 7.65. The Bertz CT molecular complexity index is 1120. The van der Waals surface area contributed by atoms with Crippen molar-refractivity contribution in [3.05, 3.63) is 35.0 Å². The highest BCUT2D eigenvalue weighted by Crippen LogP contribution is 2.33. The molecule has 1 saturated heterocycles. The van der Waals surface area contributed by atoms with Crippen LogP contribution in [-0.4, -0.2) is 65.8 Å². The zero-order valence-corrected chi connectivity index (χ0v) is 17.2. The lowest BCUT2D eigenvalue weighted by atomic mass is 10.0. The number of aromatic nitrogens is 1. The minimum absolute atomic E-state index is 0.0910. The average Bonchev–Trinajstić information content (AvgIpc) is 2.94. The SMILES string of the molecule is Cc1nc2ccc(S(=O)(=O)N3CCC(C)CC3)cc2c2c1C(=O)N(CCO)C2=O. The van der Waals surface area contributed by atoms with E-state index in [-0.39, 0.29) is 29.2 Å². The summed E-state index contributed by atoms with van der Waals surface area (Å²) in [5, 5.41) is 9.53. The molecule has 1 fully saturated rings. The number of hydrogen-bond acceptors (Lipinski definition) is 6. The zero-order valence-electron chi connectivity index (χ0n) is 16.4. The van der Waals surface area contributed by atoms with E-state index >= 15 is 0 Å². The fourth-order valence-electron chi connectivity index (χ4n) is 4.05. The van der Waals surface area contributed by atoms with Gasteiger partial charge in [0.25, 0.3) is 11.8 Å². The van der Waals surface area contributed by atoms with Gasteiger partial charge in [-0.3, -0.25) is 19.5 Å². The first-order valence-electron chi connectivity index (χ1n) is 9.67. The summed E-state index contributed by atoms with van der Waals surface area (Å²) >= 11 is 0. The Kier molecular flexibility index (Phi) is 4.92. The first-order valence-corrected chi connectivity index (χ1v) is 11.1. The fourth-order valence-corrected chi connectivity index (χ4v) is 5.55. The van der Waals surface area contributed by atoms with Crippen molar-refractivity contribution < 1.29 is 23.1 Å². The minimum atomic E-state index is -3.70. The Morgan fingerprint density at radius 2 is 1.79 bits per heavy atom. The summed E-state index contributed by atoms with van der Waals surface area (Å²) in [6, 6.07) is 4.53. The van der Waals surface area contributed by atoms with Crippen molar-refractivity contribution in [2.75, 3.05) is 26.2 Å². The molecule has 1 N–H and O–H groups in total. The topological polar surface area (TPSA) is 108 Å². The van der Waals surface area contributed by atoms with E-state index in [0.717, 1.165) is 17.7 Å². The number of aliphatic hydroxyl groups is 1. The molecule has 154 valence electrons. The van der Waals surface area contributed by atoms with Gasteiger partial charge in [0.15, 0.2) is 0 Å². The molecule has 0 atom stereocenters. The van der Waals surface area contributed by atoms with Crippen molar-refractivity contribution in [2.24, 2.45) is 5.92 Å². The van der Waals surface area contributed by atoms with Gasteiger partial charge >= 0.3 is 0 Å². The highest BCUT2D eigenvalue weighted by molar-refractivity contribution is 7.89. The Morgan fingerprint density at radius 1 is 1.14 bits per heavy atom. The number of β-amino-alcohol motifs (C(OH)–C–C–N with tert-alkyl or cyclic N) is 1. The molecule has 2 aliphatic heterocycles. The van der Waals surface area contributed by atoms with Crippen LogP contribution < -0.4 is 0 Å². The van der Waals surface area contributed by atoms with Crippen molar-refractivity contribution in [1.29, 1.82) is 0 Å². The van der Waals surface area contributed by atoms with Gasteiger partial charge in [0.1, 0.15) is 0 Å². The number of piperidine rings is 1. The first-order chi connectivity index (χ1) is 13.8. The average molecular weight is 417 g/mol. The molecule has 0 saturated carbocycles. The number of pyridine rings is 1. The Balaban J connectivity index is 1.84. The van der Waals surface area contributed by atoms with E-state index < -0.39 is 21.8 Å². The monoisotopic (exact) mass is 417 g/mol. The van der Waals surface area contributed by atoms with Gasteiger partial charge in [-0.1, -0.05) is 6.92 Å². The number of carbonyl (C=O) groups is 2. The maximum absolute atomic E-state index is 13.1. The van der Waals surface area contributed by atoms with Crippen LogP contribution in [0.1, 0.15) is 46.2 Å². The third kappa shape index (κ3) is 3.13. The number of sulfonamides is 1. The maximum atomic E-state index is 13.1. The minimum Gasteiger partial charge on any atom is -0.395 e. The summed E-state index contributed by atoms with van der Waals surface area (Å²) in [6.45, 7) is 4.23. The number of amides is 2. The van der Waals surface area contributed by atoms with Gasteiger partial charge in [-0.05, 0) is 43.9 Å². The molecule has 3 heterocycles. The molecule has 0 bridgehead atoms. The van der Waals surface area contributed by atoms with Gasteiger partial charge in [-0.25, -0.2) is 8.42 Å². The van der Waals surface area contributed by atoms with E-state index in [2.05, 4.69) is 11.9 Å². The lowest BCUT2D eigenvalue weighted by Crippen LogP contribution is -2.37. The summed E-state index contributed by atoms with van der Waals surface area (Å²) in [6.07, 6.45) is 1.62. The van der Waals surface area contributed by atoms with E-state index in [4.69, 9.17) is 0 Å². The second-order valence-corrected chi connectivity index (χ2v) is 9.64. The van der Waals surface area contributed by atoms with E-state index in [1.165, 1.54) is 16.4 Å². The molecule has 0 aliphatic carbocycles. The predicted octanol–water partition coefficient (Wildman–Crippen LogP) is 1.55. The van der Waals surface area contributed by atoms with Crippen LogP contribution in [0, 0.1) is 12.8 Å². The van der Waals surface area contributed by atoms with Gasteiger partial charge in [0.05, 0.1) is 40.4 Å². The van der Waals surface area contributed by atoms with Gasteiger partial charge in [0.2, 0.25) is 10.0 Å². The van der Waals surface area contributed by atoms with Crippen molar-refractivity contribution in [2.45, 2.75) is 31.6 Å². The second-order valence-electron chi connectivity index (χ2n) is 7.70. The van der Waals surface area contributed by atoms with E-state index in [1.807, 2.05) is 0 Å². The Labute approximate surface area is 169 Å². The van der Waals surface area contributed by atoms with Gasteiger partial charge in [0, 0.05) is 18.5 Å². The van der Waals surface area contributed by atoms with Crippen LogP contribution in [0.15, 0.2) is 23.1 Å². The van der Waals surface area contributed by atoms with Crippen LogP contribution in [0.2, 0.25) is 0 Å². The summed E-state index contributed by atoms with van der Waals surface area (Å²) in [5.74, 6) is -0.547. The lowest BCUT2D eigenvalue weighted by Gasteiger charge is -2.29. The number of hydrogen-bond donors (Lipinski definition) is 1. The number of imide groups is 1. The summed E-state index contributed by atoms with van der Waals surface area (Å²) in [5.41, 5.74) is 1.21. The normalized spacial score (nSPS) is 18.7. The largest absolute Gasteiger partial charge is 0.395 e. The van der Waals surface area contributed by atoms with Gasteiger partial charge < -0.3 is 5.11 Å². The van der Waals surface area contributed by atoms with E-state index in [9.17, 15) is 23.1 Å². The third-order valence-electron chi connectivity index (χ3n) is 5.76. The van der Waals surface area contributed by atoms with Crippen LogP contribution >= 0.6 is 0 Å². The van der Waals surface area contributed by atoms with Gasteiger partial charge in [-0.2, -0.15) is 4.31 Å². The second kappa shape index (κ2) is 7.16. The Hall–Kier alpha value is -2.36. The van der Waals surface area contributed by atoms with Crippen LogP contribution in [0.4, 0.5) is 0 Å². The van der Waals surface area contributed by atoms with Crippen LogP contribution in [-0.2, 0) is 10.0 Å². The molecule has 9 heteroatoms. The van der Waals surface area contributed by atoms with E-state index in [0.29, 0.717) is 35.6 Å². The zero-order chi connectivity index (χ0) is 20.9. The summed E-state index contributed by atoms with van der Waals surface area (Å²) in [4.78, 5) is 31.0. The molecule has 1 aromatic carbocycles. The molecule has 2 amide bonds. The van der Waals surface area contributed by atoms with Crippen LogP contribution in [0.5, 0.6) is 0 Å². The smallest absolute Gasteiger partial charge is 0.263 e. The van der Waals surface area contributed by atoms with Crippen LogP contribution in [0.25, 0.3) is 10.9 Å². The molecule has 4 rings (SSSR count). The molecule has 0 spiro atoms. The van der Waals surface area contributed by atoms with Crippen molar-refractivity contribution in [3.63, 3.8) is 0 Å². The number of rotatable bonds is 4. The number of fused-ring (bicyclic) bond motifs is 3. The van der Waals surface area contributed by atoms with E-state index in [1.54, 1.807) is 13.0 Å². The number of aryl methyl sites for hydroxylation is 1. The molecule has 8 nitrogen and oxygen atoms in total. The molecule has 1 aromatic heterocycles. The molecular weight excluding hydrogens is 394 g/mol. The predicted molar refractivity (Wildman–Crippen MR) is 106 cm³/mol. The molecule has 0 radical (unpaired) electrons. The van der Waals surface area contributed by atoms with Gasteiger partial charge in [-0.15, -0.1) is 0 Å².